The van der Waals surface area contributed by atoms with Crippen molar-refractivity contribution in [1.29, 1.82) is 0 Å². The van der Waals surface area contributed by atoms with Crippen molar-refractivity contribution in [3.63, 3.8) is 0 Å². The molecule has 0 bridgehead atoms. The Bertz CT molecular complexity index is 2300. The van der Waals surface area contributed by atoms with E-state index in [9.17, 15) is 25.2 Å². The quantitative estimate of drug-likeness (QED) is 0.0638. The lowest BCUT2D eigenvalue weighted by Gasteiger charge is -2.50. The van der Waals surface area contributed by atoms with Gasteiger partial charge in [0.25, 0.3) is 0 Å². The molecule has 5 aromatic rings. The van der Waals surface area contributed by atoms with Gasteiger partial charge in [-0.1, -0.05) is 152 Å². The summed E-state index contributed by atoms with van der Waals surface area (Å²) in [5, 5.41) is 48.4. The van der Waals surface area contributed by atoms with Crippen LogP contribution < -0.4 is 5.32 Å². The molecule has 15 atom stereocenters. The molecule has 16 heteroatoms. The maximum absolute atomic E-state index is 13.0. The van der Waals surface area contributed by atoms with Crippen molar-refractivity contribution in [3.05, 3.63) is 179 Å². The van der Waals surface area contributed by atoms with E-state index in [2.05, 4.69) is 5.32 Å². The van der Waals surface area contributed by atoms with Gasteiger partial charge in [0.2, 0.25) is 5.91 Å². The Kier molecular flexibility index (Phi) is 19.2. The van der Waals surface area contributed by atoms with Crippen LogP contribution in [0.3, 0.4) is 0 Å². The summed E-state index contributed by atoms with van der Waals surface area (Å²) >= 11 is 0. The van der Waals surface area contributed by atoms with Crippen LogP contribution in [0, 0.1) is 0 Å². The van der Waals surface area contributed by atoms with Gasteiger partial charge in [0.15, 0.2) is 18.9 Å². The highest BCUT2D eigenvalue weighted by Crippen LogP contribution is 2.36. The average molecular weight is 980 g/mol. The molecule has 71 heavy (non-hydrogen) atoms. The molecule has 0 saturated carbocycles. The normalized spacial score (nSPS) is 30.9. The molecule has 1 amide bonds. The number of hydrogen-bond donors (Lipinski definition) is 5. The maximum Gasteiger partial charge on any atom is 0.217 e. The van der Waals surface area contributed by atoms with E-state index in [1.54, 1.807) is 0 Å². The van der Waals surface area contributed by atoms with Crippen molar-refractivity contribution in [2.45, 2.75) is 139 Å². The molecule has 16 nitrogen and oxygen atoms in total. The third-order valence-corrected chi connectivity index (χ3v) is 12.7. The molecule has 0 aliphatic carbocycles. The molecule has 5 aromatic carbocycles. The zero-order chi connectivity index (χ0) is 49.5. The second kappa shape index (κ2) is 26.1. The molecule has 0 spiro atoms. The van der Waals surface area contributed by atoms with Crippen LogP contribution in [0.25, 0.3) is 0 Å². The van der Waals surface area contributed by atoms with E-state index in [1.165, 1.54) is 6.92 Å². The third kappa shape index (κ3) is 14.4. The van der Waals surface area contributed by atoms with Gasteiger partial charge in [-0.15, -0.1) is 0 Å². The molecular formula is C55H65NO15. The van der Waals surface area contributed by atoms with Crippen LogP contribution >= 0.6 is 0 Å². The standard InChI is InChI=1S/C55H65NO15/c1-35-48(64-30-39-22-12-5-13-23-39)51(65-31-40-24-14-6-15-25-40)52(66-32-41-26-16-7-17-27-41)55(67-35)70-49-43(34-63-29-38-20-10-4-11-21-38)68-53(61)44(56-36(2)57)50(49)71-54-47(60)46(59)45(58)42(69-54)33-62-28-37-18-8-3-9-19-37/h3-27,35,42-55,58-61H,28-34H2,1-2H3,(H,56,57)/t35-,42+,43+,44+,45-,46-,47+,48+,49+,50+,51+,52-,53+,54-,55-/m0/s1. The first-order valence-corrected chi connectivity index (χ1v) is 24.1. The smallest absolute Gasteiger partial charge is 0.217 e. The molecule has 3 aliphatic rings. The number of carbonyl (C=O) groups is 1. The number of rotatable bonds is 22. The fraction of sp³-hybridized carbons (Fsp3) is 0.436. The van der Waals surface area contributed by atoms with Crippen LogP contribution in [0.15, 0.2) is 152 Å². The first kappa shape index (κ1) is 52.3. The van der Waals surface area contributed by atoms with E-state index in [4.69, 9.17) is 47.4 Å². The Morgan fingerprint density at radius 2 is 0.887 bits per heavy atom. The number of ether oxygens (including phenoxy) is 10. The number of nitrogens with one attached hydrogen (secondary N) is 1. The molecule has 0 aromatic heterocycles. The van der Waals surface area contributed by atoms with Gasteiger partial charge in [-0.3, -0.25) is 4.79 Å². The maximum atomic E-state index is 13.0. The predicted octanol–water partition coefficient (Wildman–Crippen LogP) is 4.72. The summed E-state index contributed by atoms with van der Waals surface area (Å²) in [5.41, 5.74) is 4.45. The zero-order valence-electron chi connectivity index (χ0n) is 39.8. The lowest BCUT2D eigenvalue weighted by molar-refractivity contribution is -0.377. The second-order valence-corrected chi connectivity index (χ2v) is 18.0. The Morgan fingerprint density at radius 3 is 1.37 bits per heavy atom. The molecule has 5 N–H and O–H groups in total. The van der Waals surface area contributed by atoms with Gasteiger partial charge >= 0.3 is 0 Å². The molecule has 3 saturated heterocycles. The minimum absolute atomic E-state index is 0.119. The van der Waals surface area contributed by atoms with Gasteiger partial charge in [0, 0.05) is 6.92 Å². The number of hydrogen-bond acceptors (Lipinski definition) is 15. The Hall–Kier alpha value is -4.99. The predicted molar refractivity (Wildman–Crippen MR) is 256 cm³/mol. The van der Waals surface area contributed by atoms with E-state index in [-0.39, 0.29) is 46.2 Å². The third-order valence-electron chi connectivity index (χ3n) is 12.7. The van der Waals surface area contributed by atoms with Gasteiger partial charge in [0.1, 0.15) is 67.1 Å². The molecule has 3 fully saturated rings. The molecule has 3 heterocycles. The van der Waals surface area contributed by atoms with Gasteiger partial charge in [0.05, 0.1) is 52.4 Å². The highest BCUT2D eigenvalue weighted by atomic mass is 16.8. The summed E-state index contributed by atoms with van der Waals surface area (Å²) < 4.78 is 65.5. The van der Waals surface area contributed by atoms with Crippen LogP contribution in [-0.2, 0) is 85.2 Å². The Morgan fingerprint density at radius 1 is 0.465 bits per heavy atom. The van der Waals surface area contributed by atoms with Crippen molar-refractivity contribution in [2.75, 3.05) is 13.2 Å². The van der Waals surface area contributed by atoms with Crippen molar-refractivity contribution in [1.82, 2.24) is 5.32 Å². The summed E-state index contributed by atoms with van der Waals surface area (Å²) in [5.74, 6) is -0.545. The van der Waals surface area contributed by atoms with Crippen molar-refractivity contribution in [3.8, 4) is 0 Å². The molecule has 8 rings (SSSR count). The minimum Gasteiger partial charge on any atom is -0.387 e. The highest BCUT2D eigenvalue weighted by Gasteiger charge is 2.55. The van der Waals surface area contributed by atoms with Gasteiger partial charge in [-0.2, -0.15) is 0 Å². The number of benzene rings is 5. The highest BCUT2D eigenvalue weighted by molar-refractivity contribution is 5.73. The van der Waals surface area contributed by atoms with Crippen molar-refractivity contribution < 1.29 is 72.6 Å². The molecule has 0 radical (unpaired) electrons. The van der Waals surface area contributed by atoms with E-state index in [0.717, 1.165) is 27.8 Å². The number of aliphatic hydroxyl groups is 4. The number of amides is 1. The molecule has 380 valence electrons. The van der Waals surface area contributed by atoms with Crippen molar-refractivity contribution in [2.24, 2.45) is 0 Å². The van der Waals surface area contributed by atoms with Crippen LogP contribution in [0.1, 0.15) is 41.7 Å². The van der Waals surface area contributed by atoms with Crippen LogP contribution in [0.2, 0.25) is 0 Å². The van der Waals surface area contributed by atoms with Crippen molar-refractivity contribution >= 4 is 5.91 Å². The minimum atomic E-state index is -1.81. The first-order valence-electron chi connectivity index (χ1n) is 24.1. The summed E-state index contributed by atoms with van der Waals surface area (Å²) in [6.45, 7) is 3.66. The van der Waals surface area contributed by atoms with Crippen LogP contribution in [0.5, 0.6) is 0 Å². The van der Waals surface area contributed by atoms with Gasteiger partial charge in [-0.25, -0.2) is 0 Å². The number of aliphatic hydroxyl groups excluding tert-OH is 4. The van der Waals surface area contributed by atoms with Crippen LogP contribution in [0.4, 0.5) is 0 Å². The van der Waals surface area contributed by atoms with E-state index < -0.39 is 98.0 Å². The fourth-order valence-corrected chi connectivity index (χ4v) is 8.96. The second-order valence-electron chi connectivity index (χ2n) is 18.0. The first-order chi connectivity index (χ1) is 34.6. The molecular weight excluding hydrogens is 915 g/mol. The van der Waals surface area contributed by atoms with Gasteiger partial charge in [-0.05, 0) is 34.7 Å². The summed E-state index contributed by atoms with van der Waals surface area (Å²) in [6, 6.07) is 46.6. The molecule has 0 unspecified atom stereocenters. The lowest BCUT2D eigenvalue weighted by Crippen LogP contribution is -2.69. The fourth-order valence-electron chi connectivity index (χ4n) is 8.96. The summed E-state index contributed by atoms with van der Waals surface area (Å²) in [4.78, 5) is 13.0. The number of carbonyl (C=O) groups excluding carboxylic acids is 1. The zero-order valence-corrected chi connectivity index (χ0v) is 39.8. The SMILES string of the molecule is CC(=O)N[C@@H]1[C@@H](O[C@@H]2O[C@H](COCc3ccccc3)[C@H](O)[C@H](O)[C@H]2O)[C@H](O[C@@H]2O[C@@H](C)[C@@H](OCc3ccccc3)[C@@H](OCc3ccccc3)[C@@H]2OCc2ccccc2)[C@@H](COCc2ccccc2)O[C@H]1O. The van der Waals surface area contributed by atoms with Crippen LogP contribution in [-0.4, -0.2) is 132 Å². The monoisotopic (exact) mass is 979 g/mol. The Balaban J connectivity index is 1.13. The van der Waals surface area contributed by atoms with E-state index in [1.807, 2.05) is 159 Å². The topological polar surface area (TPSA) is 202 Å². The summed E-state index contributed by atoms with van der Waals surface area (Å²) in [7, 11) is 0. The van der Waals surface area contributed by atoms with E-state index >= 15 is 0 Å². The average Bonchev–Trinajstić information content (AvgIpc) is 3.39. The van der Waals surface area contributed by atoms with E-state index in [0.29, 0.717) is 0 Å². The van der Waals surface area contributed by atoms with Gasteiger partial charge < -0.3 is 73.1 Å². The Labute approximate surface area is 414 Å². The lowest BCUT2D eigenvalue weighted by atomic mass is 9.94. The largest absolute Gasteiger partial charge is 0.387 e. The molecule has 3 aliphatic heterocycles. The summed E-state index contributed by atoms with van der Waals surface area (Å²) in [6.07, 6.45) is -18.0.